The Labute approximate surface area is 202 Å². The fraction of sp³-hybridized carbons (Fsp3) is 0.385. The molecule has 2 aromatic rings. The first-order valence-electron chi connectivity index (χ1n) is 11.3. The highest BCUT2D eigenvalue weighted by Gasteiger charge is 2.44. The molecule has 2 unspecified atom stereocenters. The van der Waals surface area contributed by atoms with Crippen molar-refractivity contribution in [1.29, 1.82) is 0 Å². The molecule has 35 heavy (non-hydrogen) atoms. The van der Waals surface area contributed by atoms with E-state index >= 15 is 0 Å². The number of ether oxygens (including phenoxy) is 1. The predicted molar refractivity (Wildman–Crippen MR) is 125 cm³/mol. The zero-order valence-electron chi connectivity index (χ0n) is 19.6. The molecule has 6 nitrogen and oxygen atoms in total. The normalized spacial score (nSPS) is 15.9. The van der Waals surface area contributed by atoms with Crippen molar-refractivity contribution in [1.82, 2.24) is 15.5 Å². The van der Waals surface area contributed by atoms with Crippen LogP contribution in [0.5, 0.6) is 0 Å². The summed E-state index contributed by atoms with van der Waals surface area (Å²) in [6.45, 7) is 5.07. The number of morpholine rings is 1. The van der Waals surface area contributed by atoms with Crippen LogP contribution < -0.4 is 10.6 Å². The Hall–Kier alpha value is -3.35. The van der Waals surface area contributed by atoms with Crippen molar-refractivity contribution in [3.8, 4) is 11.8 Å². The summed E-state index contributed by atoms with van der Waals surface area (Å²) in [5, 5.41) is 4.35. The molecule has 0 aromatic heterocycles. The van der Waals surface area contributed by atoms with E-state index in [0.717, 1.165) is 45.3 Å². The number of nitrogens with zero attached hydrogens (tertiary/aromatic N) is 1. The van der Waals surface area contributed by atoms with E-state index in [4.69, 9.17) is 4.74 Å². The molecule has 1 saturated heterocycles. The van der Waals surface area contributed by atoms with Gasteiger partial charge in [-0.25, -0.2) is 0 Å². The number of carbonyl (C=O) groups is 2. The minimum atomic E-state index is -4.63. The number of alkyl halides is 3. The number of rotatable bonds is 6. The van der Waals surface area contributed by atoms with Crippen molar-refractivity contribution >= 4 is 11.8 Å². The molecule has 1 aliphatic rings. The average Bonchev–Trinajstić information content (AvgIpc) is 2.86. The van der Waals surface area contributed by atoms with Gasteiger partial charge in [-0.05, 0) is 42.0 Å². The number of amides is 2. The molecule has 1 heterocycles. The third-order valence-corrected chi connectivity index (χ3v) is 5.79. The number of halogens is 3. The molecular formula is C26H28F3N3O3. The summed E-state index contributed by atoms with van der Waals surface area (Å²) < 4.78 is 44.7. The summed E-state index contributed by atoms with van der Waals surface area (Å²) >= 11 is 0. The minimum absolute atomic E-state index is 0.131. The maximum atomic E-state index is 13.1. The summed E-state index contributed by atoms with van der Waals surface area (Å²) in [7, 11) is 1.22. The van der Waals surface area contributed by atoms with Gasteiger partial charge in [-0.3, -0.25) is 14.5 Å². The molecule has 1 fully saturated rings. The highest BCUT2D eigenvalue weighted by atomic mass is 19.4. The zero-order valence-corrected chi connectivity index (χ0v) is 19.6. The highest BCUT2D eigenvalue weighted by Crippen LogP contribution is 2.28. The van der Waals surface area contributed by atoms with E-state index < -0.39 is 30.0 Å². The molecule has 0 radical (unpaired) electrons. The lowest BCUT2D eigenvalue weighted by atomic mass is 10.00. The monoisotopic (exact) mass is 487 g/mol. The Morgan fingerprint density at radius 2 is 1.54 bits per heavy atom. The average molecular weight is 488 g/mol. The molecule has 0 bridgehead atoms. The van der Waals surface area contributed by atoms with Crippen molar-refractivity contribution in [2.24, 2.45) is 5.92 Å². The lowest BCUT2D eigenvalue weighted by Crippen LogP contribution is -2.53. The second kappa shape index (κ2) is 11.9. The molecule has 3 rings (SSSR count). The van der Waals surface area contributed by atoms with Crippen molar-refractivity contribution in [3.63, 3.8) is 0 Å². The molecule has 1 aliphatic heterocycles. The quantitative estimate of drug-likeness (QED) is 0.615. The Morgan fingerprint density at radius 1 is 1.00 bits per heavy atom. The van der Waals surface area contributed by atoms with E-state index in [1.807, 2.05) is 24.3 Å². The number of hydrogen-bond acceptors (Lipinski definition) is 4. The van der Waals surface area contributed by atoms with E-state index in [-0.39, 0.29) is 5.56 Å². The largest absolute Gasteiger partial charge is 0.394 e. The standard InChI is InChI=1S/C26H28F3N3O3/c1-18(26(27,28)29)23(25(34)30-2)31-24(33)22-11-9-20(10-12-22)4-3-19-5-7-21(8-6-19)17-32-13-15-35-16-14-32/h5-12,18,23H,13-17H2,1-2H3,(H,30,34)(H,31,33). The van der Waals surface area contributed by atoms with Gasteiger partial charge >= 0.3 is 6.18 Å². The number of nitrogens with one attached hydrogen (secondary N) is 2. The maximum absolute atomic E-state index is 13.1. The van der Waals surface area contributed by atoms with Crippen LogP contribution in [-0.4, -0.2) is 62.3 Å². The number of carbonyl (C=O) groups excluding carboxylic acids is 2. The fourth-order valence-electron chi connectivity index (χ4n) is 3.55. The molecule has 0 saturated carbocycles. The number of benzene rings is 2. The van der Waals surface area contributed by atoms with Gasteiger partial charge in [-0.15, -0.1) is 0 Å². The fourth-order valence-corrected chi connectivity index (χ4v) is 3.55. The van der Waals surface area contributed by atoms with Crippen LogP contribution >= 0.6 is 0 Å². The molecule has 2 N–H and O–H groups in total. The van der Waals surface area contributed by atoms with Crippen LogP contribution in [-0.2, 0) is 16.1 Å². The van der Waals surface area contributed by atoms with Gasteiger partial charge < -0.3 is 15.4 Å². The van der Waals surface area contributed by atoms with Gasteiger partial charge in [0.15, 0.2) is 0 Å². The Morgan fingerprint density at radius 3 is 2.06 bits per heavy atom. The first-order chi connectivity index (χ1) is 16.7. The maximum Gasteiger partial charge on any atom is 0.394 e. The van der Waals surface area contributed by atoms with Gasteiger partial charge in [0.25, 0.3) is 5.91 Å². The molecule has 186 valence electrons. The van der Waals surface area contributed by atoms with Crippen LogP contribution in [0.15, 0.2) is 48.5 Å². The van der Waals surface area contributed by atoms with Gasteiger partial charge in [0.2, 0.25) is 5.91 Å². The topological polar surface area (TPSA) is 70.7 Å². The first kappa shape index (κ1) is 26.3. The van der Waals surface area contributed by atoms with E-state index in [9.17, 15) is 22.8 Å². The second-order valence-corrected chi connectivity index (χ2v) is 8.31. The predicted octanol–water partition coefficient (Wildman–Crippen LogP) is 2.96. The van der Waals surface area contributed by atoms with Gasteiger partial charge in [-0.2, -0.15) is 13.2 Å². The molecule has 0 aliphatic carbocycles. The molecule has 2 atom stereocenters. The second-order valence-electron chi connectivity index (χ2n) is 8.31. The van der Waals surface area contributed by atoms with Gasteiger partial charge in [0.1, 0.15) is 6.04 Å². The number of hydrogen-bond donors (Lipinski definition) is 2. The Kier molecular flexibility index (Phi) is 8.90. The van der Waals surface area contributed by atoms with Crippen molar-refractivity contribution in [3.05, 3.63) is 70.8 Å². The van der Waals surface area contributed by atoms with Crippen LogP contribution in [0.2, 0.25) is 0 Å². The smallest absolute Gasteiger partial charge is 0.379 e. The molecular weight excluding hydrogens is 459 g/mol. The lowest BCUT2D eigenvalue weighted by Gasteiger charge is -2.26. The van der Waals surface area contributed by atoms with Gasteiger partial charge in [0.05, 0.1) is 19.1 Å². The van der Waals surface area contributed by atoms with Crippen LogP contribution in [0.25, 0.3) is 0 Å². The van der Waals surface area contributed by atoms with E-state index in [1.165, 1.54) is 24.7 Å². The summed E-state index contributed by atoms with van der Waals surface area (Å²) in [5.41, 5.74) is 2.81. The third kappa shape index (κ3) is 7.57. The summed E-state index contributed by atoms with van der Waals surface area (Å²) in [6, 6.07) is 12.4. The van der Waals surface area contributed by atoms with E-state index in [2.05, 4.69) is 27.4 Å². The lowest BCUT2D eigenvalue weighted by molar-refractivity contribution is -0.179. The molecule has 0 spiro atoms. The molecule has 2 aromatic carbocycles. The summed E-state index contributed by atoms with van der Waals surface area (Å²) in [5.74, 6) is 2.34. The van der Waals surface area contributed by atoms with Crippen LogP contribution in [0.4, 0.5) is 13.2 Å². The van der Waals surface area contributed by atoms with Crippen molar-refractivity contribution in [2.45, 2.75) is 25.7 Å². The molecule has 2 amide bonds. The third-order valence-electron chi connectivity index (χ3n) is 5.79. The zero-order chi connectivity index (χ0) is 25.4. The number of likely N-dealkylation sites (N-methyl/N-ethyl adjacent to an activating group) is 1. The van der Waals surface area contributed by atoms with Crippen LogP contribution in [0, 0.1) is 17.8 Å². The Balaban J connectivity index is 1.61. The molecule has 9 heteroatoms. The SMILES string of the molecule is CNC(=O)C(NC(=O)c1ccc(C#Cc2ccc(CN3CCOCC3)cc2)cc1)C(C)C(F)(F)F. The van der Waals surface area contributed by atoms with Gasteiger partial charge in [-0.1, -0.05) is 30.9 Å². The first-order valence-corrected chi connectivity index (χ1v) is 11.3. The van der Waals surface area contributed by atoms with E-state index in [0.29, 0.717) is 5.56 Å². The van der Waals surface area contributed by atoms with Crippen molar-refractivity contribution in [2.75, 3.05) is 33.4 Å². The summed E-state index contributed by atoms with van der Waals surface area (Å²) in [4.78, 5) is 26.7. The summed E-state index contributed by atoms with van der Waals surface area (Å²) in [6.07, 6.45) is -4.63. The van der Waals surface area contributed by atoms with E-state index in [1.54, 1.807) is 12.1 Å². The van der Waals surface area contributed by atoms with Crippen LogP contribution in [0.1, 0.15) is 34.0 Å². The van der Waals surface area contributed by atoms with Crippen molar-refractivity contribution < 1.29 is 27.5 Å². The van der Waals surface area contributed by atoms with Gasteiger partial charge in [0, 0.05) is 43.4 Å². The van der Waals surface area contributed by atoms with Crippen LogP contribution in [0.3, 0.4) is 0 Å². The minimum Gasteiger partial charge on any atom is -0.379 e. The highest BCUT2D eigenvalue weighted by molar-refractivity contribution is 5.97. The Bertz CT molecular complexity index is 1070.